The second-order valence-electron chi connectivity index (χ2n) is 5.51. The Morgan fingerprint density at radius 2 is 2.04 bits per heavy atom. The van der Waals surface area contributed by atoms with E-state index in [4.69, 9.17) is 9.52 Å². The molecule has 0 bridgehead atoms. The number of carboxylic acid groups (broad SMARTS) is 1. The fraction of sp³-hybridized carbons (Fsp3) is 0.438. The van der Waals surface area contributed by atoms with Gasteiger partial charge < -0.3 is 14.8 Å². The number of carbonyl (C=O) groups is 2. The van der Waals surface area contributed by atoms with Gasteiger partial charge in [-0.2, -0.15) is 0 Å². The van der Waals surface area contributed by atoms with Crippen molar-refractivity contribution in [3.63, 3.8) is 0 Å². The minimum Gasteiger partial charge on any atom is -0.475 e. The van der Waals surface area contributed by atoms with E-state index in [1.54, 1.807) is 11.3 Å². The van der Waals surface area contributed by atoms with Crippen LogP contribution in [0.4, 0.5) is 0 Å². The Labute approximate surface area is 137 Å². The van der Waals surface area contributed by atoms with Gasteiger partial charge in [0.2, 0.25) is 5.76 Å². The monoisotopic (exact) mass is 334 g/mol. The van der Waals surface area contributed by atoms with Crippen molar-refractivity contribution in [1.82, 2.24) is 10.3 Å². The molecule has 1 aliphatic rings. The molecule has 2 aromatic rings. The van der Waals surface area contributed by atoms with E-state index in [1.165, 1.54) is 35.5 Å². The quantitative estimate of drug-likeness (QED) is 0.792. The molecule has 2 aromatic heterocycles. The number of carboxylic acids is 1. The normalized spacial score (nSPS) is 13.6. The fourth-order valence-corrected chi connectivity index (χ4v) is 3.81. The van der Waals surface area contributed by atoms with E-state index in [0.717, 1.165) is 30.7 Å². The molecule has 0 radical (unpaired) electrons. The highest BCUT2D eigenvalue weighted by atomic mass is 32.1. The maximum Gasteiger partial charge on any atom is 0.371 e. The standard InChI is InChI=1S/C16H18N2O4S/c19-15(11-7-8-12(22-11)16(20)21)17-9-3-6-14-18-10-4-1-2-5-13(10)23-14/h7-8H,1-6,9H2,(H,17,19)(H,20,21). The van der Waals surface area contributed by atoms with Crippen LogP contribution in [0, 0.1) is 0 Å². The van der Waals surface area contributed by atoms with Gasteiger partial charge in [0, 0.05) is 17.8 Å². The topological polar surface area (TPSA) is 92.4 Å². The Balaban J connectivity index is 1.44. The summed E-state index contributed by atoms with van der Waals surface area (Å²) in [5.41, 5.74) is 1.26. The summed E-state index contributed by atoms with van der Waals surface area (Å²) in [6, 6.07) is 2.64. The number of hydrogen-bond acceptors (Lipinski definition) is 5. The first-order valence-electron chi connectivity index (χ1n) is 7.72. The molecule has 0 fully saturated rings. The van der Waals surface area contributed by atoms with Crippen molar-refractivity contribution in [2.75, 3.05) is 6.54 Å². The molecule has 23 heavy (non-hydrogen) atoms. The van der Waals surface area contributed by atoms with Crippen molar-refractivity contribution >= 4 is 23.2 Å². The summed E-state index contributed by atoms with van der Waals surface area (Å²) < 4.78 is 4.96. The summed E-state index contributed by atoms with van der Waals surface area (Å²) in [6.07, 6.45) is 6.36. The lowest BCUT2D eigenvalue weighted by molar-refractivity contribution is 0.0659. The number of fused-ring (bicyclic) bond motifs is 1. The zero-order valence-corrected chi connectivity index (χ0v) is 13.4. The Morgan fingerprint density at radius 1 is 1.26 bits per heavy atom. The maximum absolute atomic E-state index is 11.8. The summed E-state index contributed by atoms with van der Waals surface area (Å²) in [5, 5.41) is 12.6. The van der Waals surface area contributed by atoms with E-state index < -0.39 is 11.9 Å². The SMILES string of the molecule is O=C(O)c1ccc(C(=O)NCCCc2nc3c(s2)CCCC3)o1. The number of rotatable bonds is 6. The molecule has 1 amide bonds. The van der Waals surface area contributed by atoms with Crippen LogP contribution in [-0.2, 0) is 19.3 Å². The summed E-state index contributed by atoms with van der Waals surface area (Å²) >= 11 is 1.79. The van der Waals surface area contributed by atoms with Gasteiger partial charge in [-0.05, 0) is 44.2 Å². The molecule has 0 aromatic carbocycles. The van der Waals surface area contributed by atoms with Crippen LogP contribution in [0.25, 0.3) is 0 Å². The van der Waals surface area contributed by atoms with Crippen LogP contribution in [0.5, 0.6) is 0 Å². The second-order valence-corrected chi connectivity index (χ2v) is 6.68. The van der Waals surface area contributed by atoms with Crippen LogP contribution >= 0.6 is 11.3 Å². The van der Waals surface area contributed by atoms with Crippen LogP contribution in [-0.4, -0.2) is 28.5 Å². The third kappa shape index (κ3) is 3.79. The van der Waals surface area contributed by atoms with Gasteiger partial charge >= 0.3 is 5.97 Å². The van der Waals surface area contributed by atoms with Crippen molar-refractivity contribution in [2.24, 2.45) is 0 Å². The van der Waals surface area contributed by atoms with E-state index >= 15 is 0 Å². The van der Waals surface area contributed by atoms with Crippen LogP contribution in [0.2, 0.25) is 0 Å². The maximum atomic E-state index is 11.8. The van der Waals surface area contributed by atoms with Crippen LogP contribution in [0.1, 0.15) is 56.0 Å². The summed E-state index contributed by atoms with van der Waals surface area (Å²) in [4.78, 5) is 28.6. The van der Waals surface area contributed by atoms with Gasteiger partial charge in [0.25, 0.3) is 5.91 Å². The van der Waals surface area contributed by atoms with Crippen molar-refractivity contribution in [3.05, 3.63) is 39.2 Å². The number of nitrogens with one attached hydrogen (secondary N) is 1. The molecule has 0 aliphatic heterocycles. The van der Waals surface area contributed by atoms with Crippen LogP contribution in [0.3, 0.4) is 0 Å². The molecule has 0 saturated carbocycles. The third-order valence-electron chi connectivity index (χ3n) is 3.78. The highest BCUT2D eigenvalue weighted by Gasteiger charge is 2.16. The Bertz CT molecular complexity index is 696. The van der Waals surface area contributed by atoms with Crippen molar-refractivity contribution in [3.8, 4) is 0 Å². The lowest BCUT2D eigenvalue weighted by Crippen LogP contribution is -2.24. The number of carbonyl (C=O) groups excluding carboxylic acids is 1. The number of amides is 1. The minimum absolute atomic E-state index is 0.0205. The molecule has 0 unspecified atom stereocenters. The lowest BCUT2D eigenvalue weighted by atomic mass is 10.0. The van der Waals surface area contributed by atoms with E-state index in [0.29, 0.717) is 6.54 Å². The van der Waals surface area contributed by atoms with Gasteiger partial charge in [0.15, 0.2) is 5.76 Å². The molecule has 1 aliphatic carbocycles. The first-order chi connectivity index (χ1) is 11.1. The summed E-state index contributed by atoms with van der Waals surface area (Å²) in [6.45, 7) is 0.506. The number of hydrogen-bond donors (Lipinski definition) is 2. The minimum atomic E-state index is -1.18. The summed E-state index contributed by atoms with van der Waals surface area (Å²) in [7, 11) is 0. The van der Waals surface area contributed by atoms with Crippen LogP contribution in [0.15, 0.2) is 16.5 Å². The van der Waals surface area contributed by atoms with Gasteiger partial charge in [0.1, 0.15) is 0 Å². The molecule has 2 N–H and O–H groups in total. The van der Waals surface area contributed by atoms with Gasteiger partial charge in [-0.1, -0.05) is 0 Å². The Kier molecular flexibility index (Phi) is 4.76. The molecule has 3 rings (SSSR count). The molecular formula is C16H18N2O4S. The van der Waals surface area contributed by atoms with Crippen LogP contribution < -0.4 is 5.32 Å². The van der Waals surface area contributed by atoms with Crippen molar-refractivity contribution in [2.45, 2.75) is 38.5 Å². The number of thiazole rings is 1. The Morgan fingerprint density at radius 3 is 2.78 bits per heavy atom. The Hall–Kier alpha value is -2.15. The first-order valence-corrected chi connectivity index (χ1v) is 8.54. The molecule has 2 heterocycles. The highest BCUT2D eigenvalue weighted by Crippen LogP contribution is 2.27. The molecule has 0 saturated heterocycles. The molecular weight excluding hydrogens is 316 g/mol. The molecule has 7 heteroatoms. The predicted octanol–water partition coefficient (Wildman–Crippen LogP) is 2.68. The van der Waals surface area contributed by atoms with Gasteiger partial charge in [-0.3, -0.25) is 4.79 Å². The zero-order valence-electron chi connectivity index (χ0n) is 12.6. The molecule has 6 nitrogen and oxygen atoms in total. The van der Waals surface area contributed by atoms with E-state index in [2.05, 4.69) is 10.3 Å². The smallest absolute Gasteiger partial charge is 0.371 e. The number of aryl methyl sites for hydroxylation is 3. The van der Waals surface area contributed by atoms with Gasteiger partial charge in [-0.25, -0.2) is 9.78 Å². The zero-order chi connectivity index (χ0) is 16.2. The number of aromatic nitrogens is 1. The molecule has 0 atom stereocenters. The lowest BCUT2D eigenvalue weighted by Gasteiger charge is -2.06. The van der Waals surface area contributed by atoms with Gasteiger partial charge in [-0.15, -0.1) is 11.3 Å². The van der Waals surface area contributed by atoms with Crippen molar-refractivity contribution < 1.29 is 19.1 Å². The van der Waals surface area contributed by atoms with E-state index in [-0.39, 0.29) is 11.5 Å². The summed E-state index contributed by atoms with van der Waals surface area (Å²) in [5.74, 6) is -1.79. The number of aromatic carboxylic acids is 1. The molecule has 122 valence electrons. The highest BCUT2D eigenvalue weighted by molar-refractivity contribution is 7.11. The molecule has 0 spiro atoms. The first kappa shape index (κ1) is 15.7. The fourth-order valence-electron chi connectivity index (χ4n) is 2.62. The van der Waals surface area contributed by atoms with E-state index in [1.807, 2.05) is 0 Å². The number of furan rings is 1. The van der Waals surface area contributed by atoms with Crippen molar-refractivity contribution in [1.29, 1.82) is 0 Å². The third-order valence-corrected chi connectivity index (χ3v) is 5.00. The van der Waals surface area contributed by atoms with Gasteiger partial charge in [0.05, 0.1) is 10.7 Å². The average molecular weight is 334 g/mol. The largest absolute Gasteiger partial charge is 0.475 e. The second kappa shape index (κ2) is 6.95. The predicted molar refractivity (Wildman–Crippen MR) is 85.1 cm³/mol. The average Bonchev–Trinajstić information content (AvgIpc) is 3.17. The number of nitrogens with zero attached hydrogens (tertiary/aromatic N) is 1. The van der Waals surface area contributed by atoms with E-state index in [9.17, 15) is 9.59 Å².